The summed E-state index contributed by atoms with van der Waals surface area (Å²) in [5.41, 5.74) is 32.9. The van der Waals surface area contributed by atoms with E-state index in [4.69, 9.17) is 11.5 Å². The first-order valence-corrected chi connectivity index (χ1v) is 21.6. The number of nitrogens with two attached hydrogens (primary N) is 2. The predicted octanol–water partition coefficient (Wildman–Crippen LogP) is 10.9. The Morgan fingerprint density at radius 1 is 0.552 bits per heavy atom. The fraction of sp³-hybridized carbons (Fsp3) is 0.538. The standard InChI is InChI=1S/C28H38N2.C21H26N2.C3H8O2/c1-9-30-17-29(8)14-20-12-22-24(13-25(20)30)28(16-27(22,6)7)15-26(4,5)21-10-18(2)19(3)11-23(21)28;1-19(2)11-21(17-9-13(22)5-7-15(17)19)12-20(3,4)16-8-6-14(23)10-18(16)21;1-4-3-5-2/h10-13H,9,14-17H2,1-8H3;5-10H,11-12,22-23H2,1-4H3;3H2,1-2H3. The highest BCUT2D eigenvalue weighted by atomic mass is 16.6. The van der Waals surface area contributed by atoms with E-state index in [9.17, 15) is 0 Å². The van der Waals surface area contributed by atoms with Crippen molar-refractivity contribution in [2.45, 2.75) is 141 Å². The van der Waals surface area contributed by atoms with Crippen LogP contribution in [0.3, 0.4) is 0 Å². The fourth-order valence-electron chi connectivity index (χ4n) is 12.6. The SMILES string of the molecule is CC1(C)CC2(CC(C)(C)c3ccc(N)cc32)c2cc(N)ccc21.CCN1CN(C)Cc2cc3c(cc21)C1(CC(C)(C)c2cc(C)c(C)cc21)CC3(C)C.COCOC. The lowest BCUT2D eigenvalue weighted by Gasteiger charge is -2.38. The molecule has 6 nitrogen and oxygen atoms in total. The summed E-state index contributed by atoms with van der Waals surface area (Å²) in [6.07, 6.45) is 4.69. The van der Waals surface area contributed by atoms with Crippen LogP contribution < -0.4 is 16.4 Å². The third-order valence-corrected chi connectivity index (χ3v) is 14.7. The van der Waals surface area contributed by atoms with Crippen LogP contribution in [0.4, 0.5) is 17.1 Å². The van der Waals surface area contributed by atoms with Crippen LogP contribution in [0.5, 0.6) is 0 Å². The maximum absolute atomic E-state index is 6.16. The zero-order chi connectivity index (χ0) is 42.4. The number of aryl methyl sites for hydroxylation is 2. The molecule has 4 N–H and O–H groups in total. The summed E-state index contributed by atoms with van der Waals surface area (Å²) in [6, 6.07) is 23.2. The molecule has 0 aromatic heterocycles. The third kappa shape index (κ3) is 6.76. The van der Waals surface area contributed by atoms with Gasteiger partial charge >= 0.3 is 0 Å². The Hall–Kier alpha value is -3.84. The highest BCUT2D eigenvalue weighted by molar-refractivity contribution is 5.68. The Bertz CT molecular complexity index is 2160. The van der Waals surface area contributed by atoms with Gasteiger partial charge in [0.1, 0.15) is 6.79 Å². The predicted molar refractivity (Wildman–Crippen MR) is 244 cm³/mol. The van der Waals surface area contributed by atoms with E-state index in [1.807, 2.05) is 12.1 Å². The highest BCUT2D eigenvalue weighted by Crippen LogP contribution is 2.65. The molecule has 1 heterocycles. The smallest absolute Gasteiger partial charge is 0.145 e. The summed E-state index contributed by atoms with van der Waals surface area (Å²) in [4.78, 5) is 5.00. The highest BCUT2D eigenvalue weighted by Gasteiger charge is 2.58. The molecule has 1 atom stereocenters. The molecule has 4 aromatic rings. The number of nitrogens with zero attached hydrogens (tertiary/aromatic N) is 2. The van der Waals surface area contributed by atoms with Crippen molar-refractivity contribution in [3.8, 4) is 0 Å². The number of nitrogen functional groups attached to an aromatic ring is 2. The molecule has 0 radical (unpaired) electrons. The lowest BCUT2D eigenvalue weighted by atomic mass is 9.72. The van der Waals surface area contributed by atoms with Crippen LogP contribution in [0.15, 0.2) is 60.7 Å². The number of hydrogen-bond acceptors (Lipinski definition) is 6. The van der Waals surface area contributed by atoms with E-state index < -0.39 is 0 Å². The Morgan fingerprint density at radius 2 is 0.948 bits per heavy atom. The van der Waals surface area contributed by atoms with E-state index in [2.05, 4.69) is 151 Å². The molecule has 0 bridgehead atoms. The average molecular weight is 785 g/mol. The van der Waals surface area contributed by atoms with Gasteiger partial charge in [0.2, 0.25) is 0 Å². The third-order valence-electron chi connectivity index (χ3n) is 14.7. The Labute approximate surface area is 350 Å². The van der Waals surface area contributed by atoms with Gasteiger partial charge in [-0.25, -0.2) is 0 Å². The van der Waals surface area contributed by atoms with Crippen LogP contribution in [0.2, 0.25) is 0 Å². The molecule has 1 aliphatic heterocycles. The van der Waals surface area contributed by atoms with E-state index in [0.29, 0.717) is 6.79 Å². The largest absolute Gasteiger partial charge is 0.399 e. The summed E-state index contributed by atoms with van der Waals surface area (Å²) in [5.74, 6) is 0. The number of hydrogen-bond donors (Lipinski definition) is 2. The van der Waals surface area contributed by atoms with Crippen molar-refractivity contribution in [1.29, 1.82) is 0 Å². The van der Waals surface area contributed by atoms with E-state index in [1.54, 1.807) is 36.5 Å². The van der Waals surface area contributed by atoms with Crippen molar-refractivity contribution in [2.75, 3.05) is 57.6 Å². The number of fused-ring (bicyclic) bond motifs is 9. The van der Waals surface area contributed by atoms with Gasteiger partial charge in [-0.3, -0.25) is 4.90 Å². The fourth-order valence-corrected chi connectivity index (χ4v) is 12.6. The molecule has 6 heteroatoms. The van der Waals surface area contributed by atoms with E-state index in [1.165, 1.54) is 57.5 Å². The number of methoxy groups -OCH3 is 2. The zero-order valence-electron chi connectivity index (χ0n) is 38.3. The van der Waals surface area contributed by atoms with Crippen LogP contribution in [0.1, 0.15) is 149 Å². The number of anilines is 3. The lowest BCUT2D eigenvalue weighted by molar-refractivity contribution is -0.00272. The molecular formula is C52H72N4O2. The number of benzene rings is 4. The Balaban J connectivity index is 0.000000163. The van der Waals surface area contributed by atoms with Crippen molar-refractivity contribution in [2.24, 2.45) is 0 Å². The van der Waals surface area contributed by atoms with Gasteiger partial charge in [-0.2, -0.15) is 0 Å². The minimum absolute atomic E-state index is 0.0441. The minimum Gasteiger partial charge on any atom is -0.399 e. The second kappa shape index (κ2) is 14.4. The van der Waals surface area contributed by atoms with Gasteiger partial charge < -0.3 is 25.8 Å². The van der Waals surface area contributed by atoms with Gasteiger partial charge in [0, 0.05) is 55.2 Å². The van der Waals surface area contributed by atoms with Gasteiger partial charge in [-0.15, -0.1) is 0 Å². The first-order valence-electron chi connectivity index (χ1n) is 21.6. The lowest BCUT2D eigenvalue weighted by Crippen LogP contribution is -2.40. The van der Waals surface area contributed by atoms with Crippen LogP contribution in [-0.4, -0.2) is 46.2 Å². The second-order valence-electron chi connectivity index (χ2n) is 21.2. The topological polar surface area (TPSA) is 77.0 Å². The molecule has 5 aliphatic rings. The summed E-state index contributed by atoms with van der Waals surface area (Å²) >= 11 is 0. The molecule has 58 heavy (non-hydrogen) atoms. The molecular weight excluding hydrogens is 713 g/mol. The van der Waals surface area contributed by atoms with Crippen molar-refractivity contribution in [3.63, 3.8) is 0 Å². The zero-order valence-corrected chi connectivity index (χ0v) is 38.3. The summed E-state index contributed by atoms with van der Waals surface area (Å²) in [6.45, 7) is 29.7. The van der Waals surface area contributed by atoms with E-state index >= 15 is 0 Å². The molecule has 4 aliphatic carbocycles. The number of rotatable bonds is 3. The monoisotopic (exact) mass is 785 g/mol. The van der Waals surface area contributed by atoms with Crippen molar-refractivity contribution < 1.29 is 9.47 Å². The molecule has 0 saturated carbocycles. The quantitative estimate of drug-likeness (QED) is 0.159. The summed E-state index contributed by atoms with van der Waals surface area (Å²) in [5, 5.41) is 0. The molecule has 312 valence electrons. The van der Waals surface area contributed by atoms with Crippen molar-refractivity contribution in [3.05, 3.63) is 122 Å². The molecule has 9 rings (SSSR count). The summed E-state index contributed by atoms with van der Waals surface area (Å²) in [7, 11) is 5.42. The van der Waals surface area contributed by atoms with Crippen LogP contribution in [0.25, 0.3) is 0 Å². The van der Waals surface area contributed by atoms with Gasteiger partial charge in [-0.1, -0.05) is 85.7 Å². The molecule has 2 spiro atoms. The van der Waals surface area contributed by atoms with Gasteiger partial charge in [0.15, 0.2) is 0 Å². The molecule has 0 amide bonds. The van der Waals surface area contributed by atoms with E-state index in [-0.39, 0.29) is 32.5 Å². The van der Waals surface area contributed by atoms with Crippen molar-refractivity contribution >= 4 is 17.1 Å². The maximum Gasteiger partial charge on any atom is 0.145 e. The van der Waals surface area contributed by atoms with Gasteiger partial charge in [-0.05, 0) is 167 Å². The molecule has 4 aromatic carbocycles. The van der Waals surface area contributed by atoms with Crippen molar-refractivity contribution in [1.82, 2.24) is 4.90 Å². The summed E-state index contributed by atoms with van der Waals surface area (Å²) < 4.78 is 8.94. The number of ether oxygens (including phenoxy) is 2. The van der Waals surface area contributed by atoms with Crippen LogP contribution >= 0.6 is 0 Å². The van der Waals surface area contributed by atoms with E-state index in [0.717, 1.165) is 44.0 Å². The molecule has 1 unspecified atom stereocenters. The van der Waals surface area contributed by atoms with Crippen LogP contribution in [-0.2, 0) is 48.5 Å². The Morgan fingerprint density at radius 3 is 1.38 bits per heavy atom. The normalized spacial score (nSPS) is 23.0. The average Bonchev–Trinajstić information content (AvgIpc) is 3.67. The molecule has 0 fully saturated rings. The first kappa shape index (κ1) is 42.3. The minimum atomic E-state index is 0.0441. The maximum atomic E-state index is 6.16. The first-order chi connectivity index (χ1) is 27.1. The second-order valence-corrected chi connectivity index (χ2v) is 21.2. The van der Waals surface area contributed by atoms with Crippen LogP contribution in [0, 0.1) is 13.8 Å². The van der Waals surface area contributed by atoms with Gasteiger partial charge in [0.05, 0.1) is 6.67 Å². The molecule has 0 saturated heterocycles. The van der Waals surface area contributed by atoms with Gasteiger partial charge in [0.25, 0.3) is 0 Å². The Kier molecular flexibility index (Phi) is 10.5.